The van der Waals surface area contributed by atoms with Gasteiger partial charge in [-0.3, -0.25) is 9.59 Å². The maximum Gasteiger partial charge on any atom is 0.244 e. The van der Waals surface area contributed by atoms with E-state index in [9.17, 15) is 9.59 Å². The topological polar surface area (TPSA) is 71.8 Å². The number of nitrogens with zero attached hydrogens (tertiary/aromatic N) is 1. The van der Waals surface area contributed by atoms with Gasteiger partial charge < -0.3 is 19.4 Å². The van der Waals surface area contributed by atoms with Crippen LogP contribution < -0.4 is 10.1 Å². The highest BCUT2D eigenvalue weighted by Crippen LogP contribution is 2.40. The van der Waals surface area contributed by atoms with Crippen LogP contribution in [0, 0.1) is 6.92 Å². The molecule has 0 radical (unpaired) electrons. The molecule has 1 fully saturated rings. The van der Waals surface area contributed by atoms with Gasteiger partial charge in [-0.1, -0.05) is 30.3 Å². The fourth-order valence-electron chi connectivity index (χ4n) is 4.53. The number of allylic oxidation sites excluding steroid dienone is 1. The van der Waals surface area contributed by atoms with Gasteiger partial charge in [0.15, 0.2) is 0 Å². The summed E-state index contributed by atoms with van der Waals surface area (Å²) in [5, 5.41) is 3.94. The Bertz CT molecular complexity index is 1210. The third-order valence-corrected chi connectivity index (χ3v) is 6.27. The van der Waals surface area contributed by atoms with Crippen LogP contribution in [-0.2, 0) is 9.59 Å². The fourth-order valence-corrected chi connectivity index (χ4v) is 4.53. The Morgan fingerprint density at radius 3 is 2.76 bits per heavy atom. The molecule has 34 heavy (non-hydrogen) atoms. The molecule has 1 saturated heterocycles. The molecule has 0 unspecified atom stereocenters. The predicted octanol–water partition coefficient (Wildman–Crippen LogP) is 5.34. The van der Waals surface area contributed by atoms with Gasteiger partial charge in [0.1, 0.15) is 11.3 Å². The minimum Gasteiger partial charge on any atom is -0.493 e. The zero-order valence-electron chi connectivity index (χ0n) is 20.1. The van der Waals surface area contributed by atoms with E-state index in [-0.39, 0.29) is 11.8 Å². The van der Waals surface area contributed by atoms with E-state index in [1.165, 1.54) is 0 Å². The van der Waals surface area contributed by atoms with E-state index in [0.29, 0.717) is 26.1 Å². The molecular weight excluding hydrogens is 428 g/mol. The van der Waals surface area contributed by atoms with Crippen LogP contribution >= 0.6 is 0 Å². The molecule has 178 valence electrons. The molecule has 0 spiro atoms. The predicted molar refractivity (Wildman–Crippen MR) is 135 cm³/mol. The molecule has 1 N–H and O–H groups in total. The maximum atomic E-state index is 12.6. The fraction of sp³-hybridized carbons (Fsp3) is 0.357. The van der Waals surface area contributed by atoms with Crippen LogP contribution in [0.25, 0.3) is 27.7 Å². The van der Waals surface area contributed by atoms with Crippen LogP contribution in [0.3, 0.4) is 0 Å². The number of hydrogen-bond donors (Lipinski definition) is 1. The average Bonchev–Trinajstić information content (AvgIpc) is 3.45. The highest BCUT2D eigenvalue weighted by atomic mass is 16.5. The number of amides is 2. The molecule has 0 saturated carbocycles. The normalized spacial score (nSPS) is 14.1. The second-order valence-electron chi connectivity index (χ2n) is 8.66. The van der Waals surface area contributed by atoms with E-state index in [0.717, 1.165) is 63.9 Å². The van der Waals surface area contributed by atoms with E-state index in [1.54, 1.807) is 12.3 Å². The van der Waals surface area contributed by atoms with Crippen molar-refractivity contribution in [2.45, 2.75) is 40.0 Å². The van der Waals surface area contributed by atoms with Crippen molar-refractivity contribution in [3.63, 3.8) is 0 Å². The van der Waals surface area contributed by atoms with Crippen LogP contribution in [0.2, 0.25) is 0 Å². The third-order valence-electron chi connectivity index (χ3n) is 6.27. The summed E-state index contributed by atoms with van der Waals surface area (Å²) in [5.41, 5.74) is 5.49. The molecule has 0 aliphatic carbocycles. The van der Waals surface area contributed by atoms with Gasteiger partial charge in [-0.2, -0.15) is 0 Å². The van der Waals surface area contributed by atoms with Crippen molar-refractivity contribution in [2.24, 2.45) is 0 Å². The lowest BCUT2D eigenvalue weighted by molar-refractivity contribution is -0.127. The molecule has 6 heteroatoms. The molecule has 0 atom stereocenters. The smallest absolute Gasteiger partial charge is 0.244 e. The molecule has 0 bridgehead atoms. The summed E-state index contributed by atoms with van der Waals surface area (Å²) in [5.74, 6) is 0.796. The lowest BCUT2D eigenvalue weighted by Crippen LogP contribution is -2.30. The van der Waals surface area contributed by atoms with E-state index in [2.05, 4.69) is 23.5 Å². The minimum absolute atomic E-state index is 0.152. The van der Waals surface area contributed by atoms with Crippen molar-refractivity contribution in [2.75, 3.05) is 26.2 Å². The number of furan rings is 1. The van der Waals surface area contributed by atoms with Crippen LogP contribution in [0.15, 0.2) is 53.2 Å². The second kappa shape index (κ2) is 10.6. The summed E-state index contributed by atoms with van der Waals surface area (Å²) in [6, 6.07) is 12.2. The average molecular weight is 461 g/mol. The van der Waals surface area contributed by atoms with Crippen molar-refractivity contribution in [1.82, 2.24) is 10.2 Å². The molecule has 2 aromatic carbocycles. The molecule has 1 aliphatic rings. The lowest BCUT2D eigenvalue weighted by Gasteiger charge is -2.16. The summed E-state index contributed by atoms with van der Waals surface area (Å²) in [6.45, 7) is 8.42. The lowest BCUT2D eigenvalue weighted by atomic mass is 9.96. The van der Waals surface area contributed by atoms with Crippen molar-refractivity contribution in [1.29, 1.82) is 0 Å². The monoisotopic (exact) mass is 460 g/mol. The quantitative estimate of drug-likeness (QED) is 0.346. The molecule has 6 nitrogen and oxygen atoms in total. The van der Waals surface area contributed by atoms with Gasteiger partial charge in [0.05, 0.1) is 12.9 Å². The van der Waals surface area contributed by atoms with Crippen molar-refractivity contribution >= 4 is 28.4 Å². The summed E-state index contributed by atoms with van der Waals surface area (Å²) < 4.78 is 11.9. The number of aryl methyl sites for hydroxylation is 1. The van der Waals surface area contributed by atoms with Gasteiger partial charge >= 0.3 is 0 Å². The van der Waals surface area contributed by atoms with Crippen LogP contribution in [0.1, 0.15) is 44.2 Å². The van der Waals surface area contributed by atoms with Crippen LogP contribution in [0.4, 0.5) is 0 Å². The largest absolute Gasteiger partial charge is 0.493 e. The Hall–Kier alpha value is -3.54. The first kappa shape index (κ1) is 23.6. The van der Waals surface area contributed by atoms with E-state index in [4.69, 9.17) is 9.15 Å². The van der Waals surface area contributed by atoms with Crippen LogP contribution in [0.5, 0.6) is 5.75 Å². The van der Waals surface area contributed by atoms with Crippen molar-refractivity contribution < 1.29 is 18.7 Å². The highest BCUT2D eigenvalue weighted by molar-refractivity contribution is 6.01. The number of nitrogens with one attached hydrogen (secondary N) is 1. The Balaban J connectivity index is 1.55. The number of carbonyl (C=O) groups excluding carboxylic acids is 2. The molecule has 2 heterocycles. The molecule has 3 aromatic rings. The Morgan fingerprint density at radius 2 is 2.06 bits per heavy atom. The van der Waals surface area contributed by atoms with Crippen LogP contribution in [-0.4, -0.2) is 43.0 Å². The standard InChI is InChI=1S/C28H32N2O4/c1-4-33-27-20(3)28-23(24(18-34-28)21-10-6-5-7-11-21)17-22(27)19(2)16-25(31)29-13-9-15-30-14-8-12-26(30)32/h5-7,10-11,16-18H,4,8-9,12-15H2,1-3H3,(H,29,31)/b19-16+. The number of likely N-dealkylation sites (tertiary alicyclic amines) is 1. The molecule has 1 aliphatic heterocycles. The van der Waals surface area contributed by atoms with Gasteiger partial charge in [0.2, 0.25) is 11.8 Å². The first-order valence-electron chi connectivity index (χ1n) is 12.0. The zero-order chi connectivity index (χ0) is 24.1. The van der Waals surface area contributed by atoms with Gasteiger partial charge in [-0.15, -0.1) is 0 Å². The van der Waals surface area contributed by atoms with Crippen molar-refractivity contribution in [3.8, 4) is 16.9 Å². The Morgan fingerprint density at radius 1 is 1.26 bits per heavy atom. The zero-order valence-corrected chi connectivity index (χ0v) is 20.1. The summed E-state index contributed by atoms with van der Waals surface area (Å²) in [7, 11) is 0. The first-order valence-corrected chi connectivity index (χ1v) is 12.0. The second-order valence-corrected chi connectivity index (χ2v) is 8.66. The maximum absolute atomic E-state index is 12.6. The van der Waals surface area contributed by atoms with E-state index >= 15 is 0 Å². The third kappa shape index (κ3) is 5.01. The van der Waals surface area contributed by atoms with Gasteiger partial charge in [-0.05, 0) is 50.8 Å². The highest BCUT2D eigenvalue weighted by Gasteiger charge is 2.20. The number of hydrogen-bond acceptors (Lipinski definition) is 4. The number of fused-ring (bicyclic) bond motifs is 1. The number of benzene rings is 2. The summed E-state index contributed by atoms with van der Waals surface area (Å²) in [4.78, 5) is 26.2. The number of rotatable bonds is 9. The molecular formula is C28H32N2O4. The molecule has 1 aromatic heterocycles. The first-order chi connectivity index (χ1) is 16.5. The Labute approximate surface area is 200 Å². The summed E-state index contributed by atoms with van der Waals surface area (Å²) in [6.07, 6.45) is 5.72. The van der Waals surface area contributed by atoms with Gasteiger partial charge in [-0.25, -0.2) is 0 Å². The Kier molecular flexibility index (Phi) is 7.36. The minimum atomic E-state index is -0.152. The van der Waals surface area contributed by atoms with Crippen molar-refractivity contribution in [3.05, 3.63) is 59.9 Å². The van der Waals surface area contributed by atoms with Gasteiger partial charge in [0.25, 0.3) is 0 Å². The summed E-state index contributed by atoms with van der Waals surface area (Å²) >= 11 is 0. The SMILES string of the molecule is CCOc1c(/C(C)=C/C(=O)NCCCN2CCCC2=O)cc2c(-c3ccccc3)coc2c1C. The van der Waals surface area contributed by atoms with Gasteiger partial charge in [0, 0.05) is 54.2 Å². The number of carbonyl (C=O) groups is 2. The number of ether oxygens (including phenoxy) is 1. The van der Waals surface area contributed by atoms with E-state index in [1.807, 2.05) is 43.9 Å². The molecule has 4 rings (SSSR count). The van der Waals surface area contributed by atoms with E-state index < -0.39 is 0 Å². The molecule has 2 amide bonds.